The van der Waals surface area contributed by atoms with Crippen LogP contribution in [-0.4, -0.2) is 45.7 Å². The third-order valence-corrected chi connectivity index (χ3v) is 9.55. The molecule has 1 N–H and O–H groups in total. The fourth-order valence-electron chi connectivity index (χ4n) is 6.34. The molecule has 0 saturated heterocycles. The van der Waals surface area contributed by atoms with Crippen LogP contribution in [0.25, 0.3) is 0 Å². The van der Waals surface area contributed by atoms with Crippen molar-refractivity contribution in [2.75, 3.05) is 33.5 Å². The molecule has 1 atom stereocenters. The lowest BCUT2D eigenvalue weighted by molar-refractivity contribution is 0.0670. The number of methoxy groups -OCH3 is 1. The van der Waals surface area contributed by atoms with Crippen molar-refractivity contribution in [2.24, 2.45) is 0 Å². The Morgan fingerprint density at radius 3 is 1.43 bits per heavy atom. The molecule has 49 heavy (non-hydrogen) atoms. The van der Waals surface area contributed by atoms with E-state index < -0.39 is 0 Å². The second-order valence-corrected chi connectivity index (χ2v) is 14.4. The van der Waals surface area contributed by atoms with E-state index >= 15 is 0 Å². The SMILES string of the molecule is CCCCC/C=C\C/C=C\CCCCCCCC(CCCCCCCCCCCCCCCCCCC)OC(=O)NCCCOCCOC. The molecular weight excluding hydrogens is 606 g/mol. The second-order valence-electron chi connectivity index (χ2n) is 14.4. The quantitative estimate of drug-likeness (QED) is 0.0513. The largest absolute Gasteiger partial charge is 0.446 e. The van der Waals surface area contributed by atoms with Crippen LogP contribution in [0.2, 0.25) is 0 Å². The molecule has 0 radical (unpaired) electrons. The van der Waals surface area contributed by atoms with Gasteiger partial charge in [-0.15, -0.1) is 0 Å². The van der Waals surface area contributed by atoms with Crippen LogP contribution >= 0.6 is 0 Å². The summed E-state index contributed by atoms with van der Waals surface area (Å²) < 4.78 is 16.4. The molecule has 0 aromatic heterocycles. The molecule has 290 valence electrons. The second kappa shape index (κ2) is 42.8. The van der Waals surface area contributed by atoms with Crippen molar-refractivity contribution in [2.45, 2.75) is 219 Å². The van der Waals surface area contributed by atoms with Gasteiger partial charge in [-0.25, -0.2) is 4.79 Å². The van der Waals surface area contributed by atoms with Gasteiger partial charge < -0.3 is 19.5 Å². The maximum absolute atomic E-state index is 12.5. The molecule has 0 fully saturated rings. The lowest BCUT2D eigenvalue weighted by Gasteiger charge is -2.18. The van der Waals surface area contributed by atoms with E-state index in [1.54, 1.807) is 7.11 Å². The number of carbonyl (C=O) groups is 1. The van der Waals surface area contributed by atoms with E-state index in [9.17, 15) is 4.79 Å². The normalized spacial score (nSPS) is 12.4. The van der Waals surface area contributed by atoms with Crippen LogP contribution in [0, 0.1) is 0 Å². The molecule has 5 heteroatoms. The number of unbranched alkanes of at least 4 members (excludes halogenated alkanes) is 24. The molecule has 0 aliphatic carbocycles. The summed E-state index contributed by atoms with van der Waals surface area (Å²) in [6, 6.07) is 0. The summed E-state index contributed by atoms with van der Waals surface area (Å²) in [5, 5.41) is 2.93. The van der Waals surface area contributed by atoms with Gasteiger partial charge in [-0.2, -0.15) is 0 Å². The Labute approximate surface area is 306 Å². The zero-order valence-electron chi connectivity index (χ0n) is 33.3. The molecule has 0 rings (SSSR count). The molecule has 1 amide bonds. The predicted octanol–water partition coefficient (Wildman–Crippen LogP) is 14.0. The molecule has 0 saturated carbocycles. The van der Waals surface area contributed by atoms with Gasteiger partial charge in [0.2, 0.25) is 0 Å². The molecule has 0 aromatic rings. The Balaban J connectivity index is 4.04. The first-order valence-corrected chi connectivity index (χ1v) is 21.6. The van der Waals surface area contributed by atoms with Crippen LogP contribution in [0.3, 0.4) is 0 Å². The van der Waals surface area contributed by atoms with Gasteiger partial charge in [0.25, 0.3) is 0 Å². The highest BCUT2D eigenvalue weighted by Crippen LogP contribution is 2.18. The Morgan fingerprint density at radius 1 is 0.510 bits per heavy atom. The van der Waals surface area contributed by atoms with Crippen molar-refractivity contribution in [3.63, 3.8) is 0 Å². The van der Waals surface area contributed by atoms with E-state index in [1.807, 2.05) is 0 Å². The van der Waals surface area contributed by atoms with E-state index in [2.05, 4.69) is 43.5 Å². The topological polar surface area (TPSA) is 56.8 Å². The third kappa shape index (κ3) is 41.0. The Bertz CT molecular complexity index is 694. The van der Waals surface area contributed by atoms with Crippen molar-refractivity contribution in [3.05, 3.63) is 24.3 Å². The van der Waals surface area contributed by atoms with Gasteiger partial charge in [0, 0.05) is 20.3 Å². The highest BCUT2D eigenvalue weighted by Gasteiger charge is 2.14. The first-order chi connectivity index (χ1) is 24.2. The fourth-order valence-corrected chi connectivity index (χ4v) is 6.34. The van der Waals surface area contributed by atoms with Crippen LogP contribution in [0.5, 0.6) is 0 Å². The van der Waals surface area contributed by atoms with Gasteiger partial charge in [0.15, 0.2) is 0 Å². The fraction of sp³-hybridized carbons (Fsp3) is 0.886. The Morgan fingerprint density at radius 2 is 0.939 bits per heavy atom. The predicted molar refractivity (Wildman–Crippen MR) is 214 cm³/mol. The maximum atomic E-state index is 12.5. The van der Waals surface area contributed by atoms with Crippen LogP contribution in [0.1, 0.15) is 213 Å². The summed E-state index contributed by atoms with van der Waals surface area (Å²) in [5.41, 5.74) is 0. The van der Waals surface area contributed by atoms with E-state index in [0.29, 0.717) is 26.4 Å². The summed E-state index contributed by atoms with van der Waals surface area (Å²) in [5.74, 6) is 0. The number of amides is 1. The number of alkyl carbamates (subject to hydrolysis) is 1. The minimum absolute atomic E-state index is 0.0345. The van der Waals surface area contributed by atoms with Crippen LogP contribution < -0.4 is 5.32 Å². The minimum atomic E-state index is -0.267. The Hall–Kier alpha value is -1.33. The summed E-state index contributed by atoms with van der Waals surface area (Å²) >= 11 is 0. The van der Waals surface area contributed by atoms with E-state index in [4.69, 9.17) is 14.2 Å². The zero-order chi connectivity index (χ0) is 35.6. The van der Waals surface area contributed by atoms with Crippen LogP contribution in [0.15, 0.2) is 24.3 Å². The molecule has 0 aliphatic rings. The molecule has 0 bridgehead atoms. The summed E-state index contributed by atoms with van der Waals surface area (Å²) in [6.07, 6.45) is 49.0. The van der Waals surface area contributed by atoms with Gasteiger partial charge in [-0.05, 0) is 64.2 Å². The van der Waals surface area contributed by atoms with E-state index in [-0.39, 0.29) is 12.2 Å². The van der Waals surface area contributed by atoms with Crippen molar-refractivity contribution >= 4 is 6.09 Å². The summed E-state index contributed by atoms with van der Waals surface area (Å²) in [4.78, 5) is 12.5. The van der Waals surface area contributed by atoms with Gasteiger partial charge in [-0.1, -0.05) is 173 Å². The van der Waals surface area contributed by atoms with Crippen LogP contribution in [-0.2, 0) is 14.2 Å². The lowest BCUT2D eigenvalue weighted by atomic mass is 10.0. The maximum Gasteiger partial charge on any atom is 0.407 e. The van der Waals surface area contributed by atoms with E-state index in [1.165, 1.54) is 161 Å². The highest BCUT2D eigenvalue weighted by molar-refractivity contribution is 5.67. The van der Waals surface area contributed by atoms with Gasteiger partial charge in [-0.3, -0.25) is 0 Å². The van der Waals surface area contributed by atoms with Crippen molar-refractivity contribution in [3.8, 4) is 0 Å². The van der Waals surface area contributed by atoms with Gasteiger partial charge in [0.1, 0.15) is 6.10 Å². The zero-order valence-corrected chi connectivity index (χ0v) is 33.3. The molecule has 0 aromatic carbocycles. The minimum Gasteiger partial charge on any atom is -0.446 e. The smallest absolute Gasteiger partial charge is 0.407 e. The van der Waals surface area contributed by atoms with Crippen molar-refractivity contribution in [1.82, 2.24) is 5.32 Å². The first-order valence-electron chi connectivity index (χ1n) is 21.6. The summed E-state index contributed by atoms with van der Waals surface area (Å²) in [6.45, 7) is 6.96. The van der Waals surface area contributed by atoms with Crippen LogP contribution in [0.4, 0.5) is 4.79 Å². The average molecular weight is 692 g/mol. The third-order valence-electron chi connectivity index (χ3n) is 9.55. The van der Waals surface area contributed by atoms with Gasteiger partial charge in [0.05, 0.1) is 13.2 Å². The molecule has 0 aliphatic heterocycles. The van der Waals surface area contributed by atoms with Gasteiger partial charge >= 0.3 is 6.09 Å². The Kier molecular flexibility index (Phi) is 41.7. The summed E-state index contributed by atoms with van der Waals surface area (Å²) in [7, 11) is 1.67. The lowest BCUT2D eigenvalue weighted by Crippen LogP contribution is -2.30. The monoisotopic (exact) mass is 692 g/mol. The number of allylic oxidation sites excluding steroid dienone is 4. The molecule has 0 heterocycles. The number of ether oxygens (including phenoxy) is 3. The standard InChI is InChI=1S/C44H85NO4/c1-4-6-8-10-12-14-16-18-20-21-23-25-27-29-31-33-35-38-43(49-44(46)45-39-36-40-48-42-41-47-3)37-34-32-30-28-26-24-22-19-17-15-13-11-9-7-5-2/h13,15,19,22,43H,4-12,14,16-18,20-21,23-42H2,1-3H3,(H,45,46)/b15-13-,22-19-. The first kappa shape index (κ1) is 47.7. The highest BCUT2D eigenvalue weighted by atomic mass is 16.6. The molecule has 0 spiro atoms. The number of hydrogen-bond donors (Lipinski definition) is 1. The number of hydrogen-bond acceptors (Lipinski definition) is 4. The number of rotatable bonds is 40. The van der Waals surface area contributed by atoms with E-state index in [0.717, 1.165) is 38.5 Å². The van der Waals surface area contributed by atoms with Crippen molar-refractivity contribution in [1.29, 1.82) is 0 Å². The average Bonchev–Trinajstić information content (AvgIpc) is 3.10. The molecule has 5 nitrogen and oxygen atoms in total. The molecular formula is C44H85NO4. The van der Waals surface area contributed by atoms with Crippen molar-refractivity contribution < 1.29 is 19.0 Å². The number of nitrogens with one attached hydrogen (secondary N) is 1. The number of carbonyl (C=O) groups excluding carboxylic acids is 1. The molecule has 1 unspecified atom stereocenters.